The Balaban J connectivity index is 2.10. The molecule has 0 bridgehead atoms. The Hall–Kier alpha value is -1.42. The van der Waals surface area contributed by atoms with Gasteiger partial charge in [0.1, 0.15) is 5.82 Å². The molecule has 1 unspecified atom stereocenters. The third-order valence-electron chi connectivity index (χ3n) is 3.58. The van der Waals surface area contributed by atoms with Gasteiger partial charge in [0.25, 0.3) is 0 Å². The van der Waals surface area contributed by atoms with E-state index in [1.54, 1.807) is 17.4 Å². The lowest BCUT2D eigenvalue weighted by atomic mass is 9.84. The summed E-state index contributed by atoms with van der Waals surface area (Å²) in [6, 6.07) is 5.03. The van der Waals surface area contributed by atoms with E-state index in [0.29, 0.717) is 5.13 Å². The molecular formula is C14H15FN2S. The molecular weight excluding hydrogens is 247 g/mol. The van der Waals surface area contributed by atoms with Crippen molar-refractivity contribution in [2.75, 3.05) is 5.73 Å². The number of anilines is 1. The zero-order chi connectivity index (χ0) is 12.7. The number of aromatic nitrogens is 1. The number of thiazole rings is 1. The summed E-state index contributed by atoms with van der Waals surface area (Å²) in [7, 11) is 0. The molecule has 0 aliphatic heterocycles. The van der Waals surface area contributed by atoms with Crippen LogP contribution in [0.2, 0.25) is 0 Å². The first-order valence-corrected chi connectivity index (χ1v) is 6.98. The van der Waals surface area contributed by atoms with Crippen molar-refractivity contribution >= 4 is 16.5 Å². The van der Waals surface area contributed by atoms with Crippen LogP contribution in [0, 0.1) is 12.7 Å². The molecule has 2 aromatic rings. The molecule has 4 heteroatoms. The molecule has 1 aliphatic carbocycles. The molecule has 0 saturated heterocycles. The van der Waals surface area contributed by atoms with Crippen LogP contribution in [-0.2, 0) is 6.42 Å². The number of hydrogen-bond acceptors (Lipinski definition) is 3. The molecule has 18 heavy (non-hydrogen) atoms. The number of hydrogen-bond donors (Lipinski definition) is 1. The maximum Gasteiger partial charge on any atom is 0.180 e. The van der Waals surface area contributed by atoms with Crippen LogP contribution in [-0.4, -0.2) is 4.98 Å². The molecule has 0 fully saturated rings. The number of nitrogen functional groups attached to an aromatic ring is 1. The van der Waals surface area contributed by atoms with E-state index in [9.17, 15) is 4.39 Å². The number of rotatable bonds is 1. The highest BCUT2D eigenvalue weighted by Gasteiger charge is 2.26. The summed E-state index contributed by atoms with van der Waals surface area (Å²) in [5, 5.41) is 0.626. The number of halogens is 1. The Morgan fingerprint density at radius 2 is 2.28 bits per heavy atom. The minimum Gasteiger partial charge on any atom is -0.375 e. The Morgan fingerprint density at radius 3 is 3.11 bits per heavy atom. The van der Waals surface area contributed by atoms with E-state index < -0.39 is 0 Å². The molecule has 0 radical (unpaired) electrons. The summed E-state index contributed by atoms with van der Waals surface area (Å²) >= 11 is 1.55. The topological polar surface area (TPSA) is 38.9 Å². The van der Waals surface area contributed by atoms with Crippen molar-refractivity contribution in [3.63, 3.8) is 0 Å². The SMILES string of the molecule is Cc1ccc(F)cc1C1CCCc2nc(N)sc21. The normalized spacial score (nSPS) is 18.7. The molecule has 1 atom stereocenters. The zero-order valence-electron chi connectivity index (χ0n) is 10.2. The predicted octanol–water partition coefficient (Wildman–Crippen LogP) is 3.64. The third kappa shape index (κ3) is 1.90. The maximum absolute atomic E-state index is 13.4. The monoisotopic (exact) mass is 262 g/mol. The van der Waals surface area contributed by atoms with Crippen LogP contribution < -0.4 is 5.73 Å². The van der Waals surface area contributed by atoms with Crippen molar-refractivity contribution < 1.29 is 4.39 Å². The lowest BCUT2D eigenvalue weighted by Gasteiger charge is -2.23. The van der Waals surface area contributed by atoms with Crippen molar-refractivity contribution in [1.82, 2.24) is 4.98 Å². The van der Waals surface area contributed by atoms with Crippen LogP contribution in [0.4, 0.5) is 9.52 Å². The van der Waals surface area contributed by atoms with Gasteiger partial charge in [-0.05, 0) is 49.4 Å². The van der Waals surface area contributed by atoms with E-state index in [0.717, 1.165) is 36.1 Å². The fourth-order valence-electron chi connectivity index (χ4n) is 2.72. The summed E-state index contributed by atoms with van der Waals surface area (Å²) in [6.07, 6.45) is 3.14. The lowest BCUT2D eigenvalue weighted by molar-refractivity contribution is 0.597. The molecule has 3 rings (SSSR count). The fourth-order valence-corrected chi connectivity index (χ4v) is 3.76. The van der Waals surface area contributed by atoms with Crippen molar-refractivity contribution in [3.05, 3.63) is 45.7 Å². The van der Waals surface area contributed by atoms with Crippen molar-refractivity contribution in [1.29, 1.82) is 0 Å². The van der Waals surface area contributed by atoms with Crippen LogP contribution in [0.1, 0.15) is 40.5 Å². The minimum atomic E-state index is -0.166. The van der Waals surface area contributed by atoms with Gasteiger partial charge < -0.3 is 5.73 Å². The van der Waals surface area contributed by atoms with Crippen LogP contribution in [0.25, 0.3) is 0 Å². The van der Waals surface area contributed by atoms with Gasteiger partial charge in [-0.1, -0.05) is 6.07 Å². The van der Waals surface area contributed by atoms with Gasteiger partial charge in [0.05, 0.1) is 5.69 Å². The molecule has 1 aliphatic rings. The van der Waals surface area contributed by atoms with Gasteiger partial charge in [-0.2, -0.15) is 0 Å². The number of fused-ring (bicyclic) bond motifs is 1. The van der Waals surface area contributed by atoms with E-state index >= 15 is 0 Å². The standard InChI is InChI=1S/C14H15FN2S/c1-8-5-6-9(15)7-11(8)10-3-2-4-12-13(10)18-14(16)17-12/h5-7,10H,2-4H2,1H3,(H2,16,17). The Kier molecular flexibility index (Phi) is 2.82. The maximum atomic E-state index is 13.4. The fraction of sp³-hybridized carbons (Fsp3) is 0.357. The van der Waals surface area contributed by atoms with E-state index in [1.807, 2.05) is 13.0 Å². The average molecular weight is 262 g/mol. The molecule has 0 amide bonds. The smallest absolute Gasteiger partial charge is 0.180 e. The van der Waals surface area contributed by atoms with Crippen LogP contribution in [0.5, 0.6) is 0 Å². The van der Waals surface area contributed by atoms with Gasteiger partial charge >= 0.3 is 0 Å². The second kappa shape index (κ2) is 4.35. The lowest BCUT2D eigenvalue weighted by Crippen LogP contribution is -2.10. The van der Waals surface area contributed by atoms with Gasteiger partial charge in [0.2, 0.25) is 0 Å². The number of nitrogens with two attached hydrogens (primary N) is 1. The minimum absolute atomic E-state index is 0.166. The molecule has 94 valence electrons. The van der Waals surface area contributed by atoms with E-state index in [2.05, 4.69) is 4.98 Å². The van der Waals surface area contributed by atoms with Gasteiger partial charge in [-0.15, -0.1) is 11.3 Å². The van der Waals surface area contributed by atoms with Gasteiger partial charge in [0, 0.05) is 10.8 Å². The average Bonchev–Trinajstić information content (AvgIpc) is 2.72. The van der Waals surface area contributed by atoms with Crippen molar-refractivity contribution in [3.8, 4) is 0 Å². The van der Waals surface area contributed by atoms with E-state index in [1.165, 1.54) is 10.9 Å². The van der Waals surface area contributed by atoms with E-state index in [-0.39, 0.29) is 11.7 Å². The second-order valence-corrected chi connectivity index (χ2v) is 5.87. The quantitative estimate of drug-likeness (QED) is 0.852. The first-order valence-electron chi connectivity index (χ1n) is 6.16. The molecule has 2 N–H and O–H groups in total. The van der Waals surface area contributed by atoms with Crippen molar-refractivity contribution in [2.45, 2.75) is 32.1 Å². The first kappa shape index (κ1) is 11.7. The number of benzene rings is 1. The molecule has 1 heterocycles. The Morgan fingerprint density at radius 1 is 1.44 bits per heavy atom. The molecule has 2 nitrogen and oxygen atoms in total. The van der Waals surface area contributed by atoms with Gasteiger partial charge in [0.15, 0.2) is 5.13 Å². The van der Waals surface area contributed by atoms with Gasteiger partial charge in [-0.25, -0.2) is 9.37 Å². The number of aryl methyl sites for hydroxylation is 2. The summed E-state index contributed by atoms with van der Waals surface area (Å²) in [5.74, 6) is 0.0967. The molecule has 1 aromatic carbocycles. The van der Waals surface area contributed by atoms with Crippen LogP contribution >= 0.6 is 11.3 Å². The largest absolute Gasteiger partial charge is 0.375 e. The molecule has 1 aromatic heterocycles. The summed E-state index contributed by atoms with van der Waals surface area (Å²) in [5.41, 5.74) is 9.13. The second-order valence-electron chi connectivity index (χ2n) is 4.81. The molecule has 0 spiro atoms. The summed E-state index contributed by atoms with van der Waals surface area (Å²) < 4.78 is 13.4. The van der Waals surface area contributed by atoms with Crippen molar-refractivity contribution in [2.24, 2.45) is 0 Å². The highest BCUT2D eigenvalue weighted by Crippen LogP contribution is 2.41. The first-order chi connectivity index (χ1) is 8.65. The summed E-state index contributed by atoms with van der Waals surface area (Å²) in [6.45, 7) is 2.04. The van der Waals surface area contributed by atoms with Gasteiger partial charge in [-0.3, -0.25) is 0 Å². The van der Waals surface area contributed by atoms with Crippen LogP contribution in [0.15, 0.2) is 18.2 Å². The van der Waals surface area contributed by atoms with Crippen LogP contribution in [0.3, 0.4) is 0 Å². The highest BCUT2D eigenvalue weighted by molar-refractivity contribution is 7.15. The zero-order valence-corrected chi connectivity index (χ0v) is 11.1. The predicted molar refractivity (Wildman–Crippen MR) is 72.4 cm³/mol. The molecule has 0 saturated carbocycles. The Bertz CT molecular complexity index is 591. The summed E-state index contributed by atoms with van der Waals surface area (Å²) in [4.78, 5) is 5.61. The van der Waals surface area contributed by atoms with E-state index in [4.69, 9.17) is 5.73 Å². The Labute approximate surface area is 110 Å². The number of nitrogens with zero attached hydrogens (tertiary/aromatic N) is 1. The highest BCUT2D eigenvalue weighted by atomic mass is 32.1. The third-order valence-corrected chi connectivity index (χ3v) is 4.62.